The number of imidazole rings is 1. The van der Waals surface area contributed by atoms with Gasteiger partial charge in [0, 0.05) is 24.2 Å². The predicted octanol–water partition coefficient (Wildman–Crippen LogP) is 5.02. The number of carbonyl (C=O) groups is 1. The number of likely N-dealkylation sites (tertiary alicyclic amines) is 1. The lowest BCUT2D eigenvalue weighted by molar-refractivity contribution is 0.191. The van der Waals surface area contributed by atoms with Crippen molar-refractivity contribution in [1.29, 1.82) is 0 Å². The summed E-state index contributed by atoms with van der Waals surface area (Å²) in [4.78, 5) is 21.9. The molecule has 3 aromatic rings. The largest absolute Gasteiger partial charge is 0.326 e. The molecule has 6 heteroatoms. The molecule has 0 atom stereocenters. The summed E-state index contributed by atoms with van der Waals surface area (Å²) >= 11 is 0. The molecular weight excluding hydrogens is 372 g/mol. The maximum atomic E-state index is 13.3. The fourth-order valence-corrected chi connectivity index (χ4v) is 4.11. The second-order valence-electron chi connectivity index (χ2n) is 7.18. The molecule has 1 fully saturated rings. The molecule has 2 amide bonds. The van der Waals surface area contributed by atoms with Gasteiger partial charge in [-0.25, -0.2) is 9.78 Å². The number of rotatable bonds is 1. The molecule has 3 heterocycles. The number of urea groups is 1. The molecule has 0 spiro atoms. The van der Waals surface area contributed by atoms with Crippen LogP contribution in [0.5, 0.6) is 0 Å². The smallest absolute Gasteiger partial charge is 0.324 e. The second kappa shape index (κ2) is 7.68. The minimum Gasteiger partial charge on any atom is -0.324 e. The molecule has 2 aliphatic heterocycles. The van der Waals surface area contributed by atoms with Crippen LogP contribution in [-0.4, -0.2) is 33.6 Å². The van der Waals surface area contributed by atoms with E-state index in [1.54, 1.807) is 0 Å². The highest BCUT2D eigenvalue weighted by molar-refractivity contribution is 5.97. The van der Waals surface area contributed by atoms with Gasteiger partial charge >= 0.3 is 6.03 Å². The highest BCUT2D eigenvalue weighted by Crippen LogP contribution is 2.38. The van der Waals surface area contributed by atoms with Gasteiger partial charge in [-0.05, 0) is 25.3 Å². The van der Waals surface area contributed by atoms with E-state index in [-0.39, 0.29) is 18.4 Å². The maximum absolute atomic E-state index is 13.3. The molecule has 2 aliphatic rings. The van der Waals surface area contributed by atoms with Gasteiger partial charge in [0.25, 0.3) is 0 Å². The van der Waals surface area contributed by atoms with E-state index < -0.39 is 0 Å². The van der Waals surface area contributed by atoms with E-state index in [2.05, 4.69) is 27.8 Å². The van der Waals surface area contributed by atoms with E-state index in [4.69, 9.17) is 0 Å². The normalized spacial score (nSPS) is 15.4. The van der Waals surface area contributed by atoms with Gasteiger partial charge in [0.2, 0.25) is 0 Å². The van der Waals surface area contributed by atoms with Crippen LogP contribution in [0.25, 0.3) is 22.6 Å². The Morgan fingerprint density at radius 3 is 2.39 bits per heavy atom. The minimum atomic E-state index is 0. The molecule has 0 saturated carbocycles. The van der Waals surface area contributed by atoms with Gasteiger partial charge in [-0.1, -0.05) is 48.5 Å². The number of anilines is 1. The Balaban J connectivity index is 0.00000192. The summed E-state index contributed by atoms with van der Waals surface area (Å²) in [7, 11) is 0. The van der Waals surface area contributed by atoms with E-state index in [9.17, 15) is 4.79 Å². The number of piperidine rings is 1. The Bertz CT molecular complexity index is 966. The van der Waals surface area contributed by atoms with Crippen molar-refractivity contribution in [2.24, 2.45) is 0 Å². The summed E-state index contributed by atoms with van der Waals surface area (Å²) in [6.45, 7) is 2.19. The molecule has 0 aliphatic carbocycles. The van der Waals surface area contributed by atoms with Crippen molar-refractivity contribution in [3.05, 3.63) is 60.8 Å². The van der Waals surface area contributed by atoms with E-state index in [1.807, 2.05) is 52.4 Å². The average Bonchev–Trinajstić information content (AvgIpc) is 3.18. The average molecular weight is 395 g/mol. The summed E-state index contributed by atoms with van der Waals surface area (Å²) in [5.41, 5.74) is 4.16. The number of fused-ring (bicyclic) bond motifs is 3. The van der Waals surface area contributed by atoms with Crippen LogP contribution in [0.2, 0.25) is 0 Å². The van der Waals surface area contributed by atoms with Crippen LogP contribution < -0.4 is 4.90 Å². The van der Waals surface area contributed by atoms with Crippen molar-refractivity contribution in [1.82, 2.24) is 14.5 Å². The summed E-state index contributed by atoms with van der Waals surface area (Å²) in [5, 5.41) is 0. The molecule has 0 N–H and O–H groups in total. The molecule has 0 unspecified atom stereocenters. The van der Waals surface area contributed by atoms with Crippen LogP contribution in [0.15, 0.2) is 60.8 Å². The third-order valence-corrected chi connectivity index (χ3v) is 5.50. The van der Waals surface area contributed by atoms with E-state index in [1.165, 1.54) is 6.42 Å². The van der Waals surface area contributed by atoms with Gasteiger partial charge in [-0.3, -0.25) is 4.90 Å². The third kappa shape index (κ3) is 3.06. The van der Waals surface area contributed by atoms with Crippen LogP contribution in [0.1, 0.15) is 19.3 Å². The standard InChI is InChI=1S/C22H22N4O.ClH/c27-22(24-13-7-2-8-14-24)26-16-25-20(18-11-5-6-12-19(18)26)15-23-21(25)17-9-3-1-4-10-17;/h1,3-6,9-12,15H,2,7-8,13-14,16H2;1H. The lowest BCUT2D eigenvalue weighted by Crippen LogP contribution is -2.47. The van der Waals surface area contributed by atoms with Gasteiger partial charge in [0.05, 0.1) is 17.6 Å². The topological polar surface area (TPSA) is 41.4 Å². The van der Waals surface area contributed by atoms with Gasteiger partial charge < -0.3 is 9.47 Å². The molecular formula is C22H23ClN4O. The molecule has 2 aromatic carbocycles. The van der Waals surface area contributed by atoms with Crippen LogP contribution in [0, 0.1) is 0 Å². The summed E-state index contributed by atoms with van der Waals surface area (Å²) in [6.07, 6.45) is 5.31. The fourth-order valence-electron chi connectivity index (χ4n) is 4.11. The van der Waals surface area contributed by atoms with Gasteiger partial charge in [-0.15, -0.1) is 12.4 Å². The number of benzene rings is 2. The predicted molar refractivity (Wildman–Crippen MR) is 114 cm³/mol. The number of hydrogen-bond acceptors (Lipinski definition) is 2. The number of hydrogen-bond donors (Lipinski definition) is 0. The second-order valence-corrected chi connectivity index (χ2v) is 7.18. The zero-order valence-corrected chi connectivity index (χ0v) is 16.4. The van der Waals surface area contributed by atoms with Crippen LogP contribution >= 0.6 is 12.4 Å². The van der Waals surface area contributed by atoms with E-state index >= 15 is 0 Å². The van der Waals surface area contributed by atoms with Crippen molar-refractivity contribution < 1.29 is 4.79 Å². The zero-order chi connectivity index (χ0) is 18.2. The van der Waals surface area contributed by atoms with Crippen LogP contribution in [0.3, 0.4) is 0 Å². The molecule has 5 nitrogen and oxygen atoms in total. The third-order valence-electron chi connectivity index (χ3n) is 5.50. The van der Waals surface area contributed by atoms with Gasteiger partial charge in [0.15, 0.2) is 0 Å². The number of amides is 2. The molecule has 0 bridgehead atoms. The molecule has 5 rings (SSSR count). The van der Waals surface area contributed by atoms with Crippen molar-refractivity contribution in [3.63, 3.8) is 0 Å². The minimum absolute atomic E-state index is 0. The first kappa shape index (κ1) is 18.6. The SMILES string of the molecule is Cl.O=C(N1CCCCC1)N1Cn2c(cnc2-c2ccccc2)-c2ccccc21. The number of aromatic nitrogens is 2. The Morgan fingerprint density at radius 1 is 0.893 bits per heavy atom. The highest BCUT2D eigenvalue weighted by atomic mass is 35.5. The van der Waals surface area contributed by atoms with Crippen molar-refractivity contribution in [2.45, 2.75) is 25.9 Å². The molecule has 144 valence electrons. The summed E-state index contributed by atoms with van der Waals surface area (Å²) in [5.74, 6) is 0.900. The molecule has 0 radical (unpaired) electrons. The Hall–Kier alpha value is -2.79. The van der Waals surface area contributed by atoms with E-state index in [0.29, 0.717) is 6.67 Å². The fraction of sp³-hybridized carbons (Fsp3) is 0.273. The Morgan fingerprint density at radius 2 is 1.61 bits per heavy atom. The van der Waals surface area contributed by atoms with Crippen molar-refractivity contribution in [2.75, 3.05) is 18.0 Å². The first-order chi connectivity index (χ1) is 13.3. The Labute approximate surface area is 171 Å². The summed E-state index contributed by atoms with van der Waals surface area (Å²) in [6, 6.07) is 18.4. The van der Waals surface area contributed by atoms with Gasteiger partial charge in [0.1, 0.15) is 12.5 Å². The van der Waals surface area contributed by atoms with Crippen LogP contribution in [-0.2, 0) is 6.67 Å². The summed E-state index contributed by atoms with van der Waals surface area (Å²) < 4.78 is 2.15. The van der Waals surface area contributed by atoms with Crippen molar-refractivity contribution in [3.8, 4) is 22.6 Å². The van der Waals surface area contributed by atoms with Crippen molar-refractivity contribution >= 4 is 24.1 Å². The molecule has 28 heavy (non-hydrogen) atoms. The number of carbonyl (C=O) groups excluding carboxylic acids is 1. The quantitative estimate of drug-likeness (QED) is 0.581. The van der Waals surface area contributed by atoms with Gasteiger partial charge in [-0.2, -0.15) is 0 Å². The maximum Gasteiger partial charge on any atom is 0.326 e. The molecule has 1 aromatic heterocycles. The zero-order valence-electron chi connectivity index (χ0n) is 15.6. The molecule has 1 saturated heterocycles. The number of halogens is 1. The Kier molecular flexibility index (Phi) is 5.09. The first-order valence-corrected chi connectivity index (χ1v) is 9.60. The lowest BCUT2D eigenvalue weighted by atomic mass is 10.1. The first-order valence-electron chi connectivity index (χ1n) is 9.60. The number of nitrogens with zero attached hydrogens (tertiary/aromatic N) is 4. The highest BCUT2D eigenvalue weighted by Gasteiger charge is 2.31. The lowest BCUT2D eigenvalue weighted by Gasteiger charge is -2.36. The van der Waals surface area contributed by atoms with Crippen LogP contribution in [0.4, 0.5) is 10.5 Å². The number of para-hydroxylation sites is 1. The monoisotopic (exact) mass is 394 g/mol. The van der Waals surface area contributed by atoms with E-state index in [0.717, 1.165) is 54.3 Å².